The molecule has 19 heavy (non-hydrogen) atoms. The minimum Gasteiger partial charge on any atom is -0.506 e. The number of phenols is 1. The van der Waals surface area contributed by atoms with Gasteiger partial charge in [-0.3, -0.25) is 9.59 Å². The Bertz CT molecular complexity index is 487. The van der Waals surface area contributed by atoms with Crippen LogP contribution in [0.5, 0.6) is 5.75 Å². The molecule has 1 aromatic carbocycles. The van der Waals surface area contributed by atoms with Crippen LogP contribution in [0.3, 0.4) is 0 Å². The molecule has 0 saturated carbocycles. The van der Waals surface area contributed by atoms with Crippen LogP contribution in [-0.4, -0.2) is 34.9 Å². The van der Waals surface area contributed by atoms with Crippen LogP contribution < -0.4 is 5.32 Å². The molecule has 0 atom stereocenters. The second-order valence-corrected chi connectivity index (χ2v) is 3.76. The summed E-state index contributed by atoms with van der Waals surface area (Å²) in [7, 11) is 0. The predicted molar refractivity (Wildman–Crippen MR) is 73.7 cm³/mol. The monoisotopic (exact) mass is 260 g/mol. The van der Waals surface area contributed by atoms with Gasteiger partial charge in [0.25, 0.3) is 0 Å². The van der Waals surface area contributed by atoms with Gasteiger partial charge in [0, 0.05) is 13.1 Å². The van der Waals surface area contributed by atoms with Crippen molar-refractivity contribution < 1.29 is 14.7 Å². The summed E-state index contributed by atoms with van der Waals surface area (Å²) in [5.74, 6) is -1.61. The SMILES string of the molecule is C=CCN(CC=C)C(=O)C(=O)Nc1ccccc1O. The number of benzene rings is 1. The molecule has 100 valence electrons. The zero-order chi connectivity index (χ0) is 14.3. The first-order chi connectivity index (χ1) is 9.10. The van der Waals surface area contributed by atoms with E-state index in [9.17, 15) is 14.7 Å². The number of hydrogen-bond acceptors (Lipinski definition) is 3. The lowest BCUT2D eigenvalue weighted by atomic mass is 10.3. The number of phenolic OH excluding ortho intramolecular Hbond substituents is 1. The van der Waals surface area contributed by atoms with E-state index in [0.717, 1.165) is 0 Å². The quantitative estimate of drug-likeness (QED) is 0.479. The molecule has 0 heterocycles. The van der Waals surface area contributed by atoms with Crippen LogP contribution >= 0.6 is 0 Å². The molecule has 0 aliphatic heterocycles. The van der Waals surface area contributed by atoms with Crippen molar-refractivity contribution in [1.29, 1.82) is 0 Å². The van der Waals surface area contributed by atoms with Gasteiger partial charge in [-0.1, -0.05) is 24.3 Å². The highest BCUT2D eigenvalue weighted by Crippen LogP contribution is 2.21. The molecule has 0 spiro atoms. The van der Waals surface area contributed by atoms with E-state index in [2.05, 4.69) is 18.5 Å². The fraction of sp³-hybridized carbons (Fsp3) is 0.143. The molecular formula is C14H16N2O3. The number of nitrogens with zero attached hydrogens (tertiary/aromatic N) is 1. The summed E-state index contributed by atoms with van der Waals surface area (Å²) in [6, 6.07) is 6.19. The molecule has 0 fully saturated rings. The number of para-hydroxylation sites is 2. The topological polar surface area (TPSA) is 69.6 Å². The number of rotatable bonds is 5. The highest BCUT2D eigenvalue weighted by atomic mass is 16.3. The molecule has 2 N–H and O–H groups in total. The number of anilines is 1. The zero-order valence-corrected chi connectivity index (χ0v) is 10.5. The number of carbonyl (C=O) groups excluding carboxylic acids is 2. The summed E-state index contributed by atoms with van der Waals surface area (Å²) >= 11 is 0. The molecule has 0 bridgehead atoms. The number of aromatic hydroxyl groups is 1. The Morgan fingerprint density at radius 3 is 2.32 bits per heavy atom. The molecule has 5 heteroatoms. The van der Waals surface area contributed by atoms with Crippen molar-refractivity contribution in [3.05, 3.63) is 49.6 Å². The molecule has 0 unspecified atom stereocenters. The molecule has 5 nitrogen and oxygen atoms in total. The van der Waals surface area contributed by atoms with Gasteiger partial charge in [0.05, 0.1) is 5.69 Å². The minimum absolute atomic E-state index is 0.0948. The normalized spacial score (nSPS) is 9.47. The first-order valence-corrected chi connectivity index (χ1v) is 5.70. The number of carbonyl (C=O) groups is 2. The molecule has 0 aliphatic rings. The van der Waals surface area contributed by atoms with Crippen molar-refractivity contribution in [3.8, 4) is 5.75 Å². The van der Waals surface area contributed by atoms with E-state index in [1.165, 1.54) is 29.2 Å². The average Bonchev–Trinajstić information content (AvgIpc) is 2.40. The molecule has 0 saturated heterocycles. The van der Waals surface area contributed by atoms with Crippen LogP contribution in [0.25, 0.3) is 0 Å². The van der Waals surface area contributed by atoms with E-state index < -0.39 is 11.8 Å². The molecule has 0 radical (unpaired) electrons. The van der Waals surface area contributed by atoms with Crippen LogP contribution in [0.15, 0.2) is 49.6 Å². The number of amides is 2. The maximum absolute atomic E-state index is 11.9. The van der Waals surface area contributed by atoms with Gasteiger partial charge in [0.1, 0.15) is 5.75 Å². The zero-order valence-electron chi connectivity index (χ0n) is 10.5. The van der Waals surface area contributed by atoms with E-state index in [1.54, 1.807) is 12.1 Å². The molecule has 2 amide bonds. The largest absolute Gasteiger partial charge is 0.506 e. The standard InChI is InChI=1S/C14H16N2O3/c1-3-9-16(10-4-2)14(19)13(18)15-11-7-5-6-8-12(11)17/h3-8,17H,1-2,9-10H2,(H,15,18). The average molecular weight is 260 g/mol. The van der Waals surface area contributed by atoms with Gasteiger partial charge in [-0.2, -0.15) is 0 Å². The summed E-state index contributed by atoms with van der Waals surface area (Å²) in [6.45, 7) is 7.54. The third-order valence-electron chi connectivity index (χ3n) is 2.33. The first-order valence-electron chi connectivity index (χ1n) is 5.70. The van der Waals surface area contributed by atoms with E-state index in [1.807, 2.05) is 0 Å². The smallest absolute Gasteiger partial charge is 0.314 e. The van der Waals surface area contributed by atoms with Gasteiger partial charge in [-0.15, -0.1) is 13.2 Å². The number of hydrogen-bond donors (Lipinski definition) is 2. The second-order valence-electron chi connectivity index (χ2n) is 3.76. The Labute approximate surface area is 111 Å². The van der Waals surface area contributed by atoms with Crippen molar-refractivity contribution >= 4 is 17.5 Å². The van der Waals surface area contributed by atoms with Gasteiger partial charge in [0.15, 0.2) is 0 Å². The maximum Gasteiger partial charge on any atom is 0.314 e. The molecule has 0 aromatic heterocycles. The summed E-state index contributed by atoms with van der Waals surface area (Å²) < 4.78 is 0. The van der Waals surface area contributed by atoms with Gasteiger partial charge in [-0.05, 0) is 12.1 Å². The van der Waals surface area contributed by atoms with Crippen molar-refractivity contribution in [1.82, 2.24) is 4.90 Å². The van der Waals surface area contributed by atoms with E-state index in [-0.39, 0.29) is 24.5 Å². The highest BCUT2D eigenvalue weighted by Gasteiger charge is 2.20. The first kappa shape index (κ1) is 14.5. The third kappa shape index (κ3) is 3.99. The Morgan fingerprint density at radius 1 is 1.21 bits per heavy atom. The lowest BCUT2D eigenvalue weighted by Gasteiger charge is -2.18. The van der Waals surface area contributed by atoms with Crippen molar-refractivity contribution in [3.63, 3.8) is 0 Å². The van der Waals surface area contributed by atoms with Crippen LogP contribution in [0.2, 0.25) is 0 Å². The van der Waals surface area contributed by atoms with Crippen molar-refractivity contribution in [2.75, 3.05) is 18.4 Å². The molecule has 1 aromatic rings. The predicted octanol–water partition coefficient (Wildman–Crippen LogP) is 1.53. The Morgan fingerprint density at radius 2 is 1.79 bits per heavy atom. The van der Waals surface area contributed by atoms with Gasteiger partial charge in [0.2, 0.25) is 0 Å². The Balaban J connectivity index is 2.76. The van der Waals surface area contributed by atoms with Crippen molar-refractivity contribution in [2.24, 2.45) is 0 Å². The second kappa shape index (κ2) is 7.00. The summed E-state index contributed by atoms with van der Waals surface area (Å²) in [6.07, 6.45) is 3.04. The fourth-order valence-electron chi connectivity index (χ4n) is 1.45. The number of nitrogens with one attached hydrogen (secondary N) is 1. The van der Waals surface area contributed by atoms with Crippen LogP contribution in [0.1, 0.15) is 0 Å². The molecule has 0 aliphatic carbocycles. The van der Waals surface area contributed by atoms with Crippen molar-refractivity contribution in [2.45, 2.75) is 0 Å². The summed E-state index contributed by atoms with van der Waals surface area (Å²) in [5.41, 5.74) is 0.193. The molecule has 1 rings (SSSR count). The maximum atomic E-state index is 11.9. The van der Waals surface area contributed by atoms with E-state index in [0.29, 0.717) is 0 Å². The lowest BCUT2D eigenvalue weighted by molar-refractivity contribution is -0.142. The summed E-state index contributed by atoms with van der Waals surface area (Å²) in [4.78, 5) is 24.9. The Kier molecular flexibility index (Phi) is 5.35. The third-order valence-corrected chi connectivity index (χ3v) is 2.33. The van der Waals surface area contributed by atoms with E-state index >= 15 is 0 Å². The van der Waals surface area contributed by atoms with Crippen LogP contribution in [0, 0.1) is 0 Å². The summed E-state index contributed by atoms with van der Waals surface area (Å²) in [5, 5.41) is 11.9. The molecular weight excluding hydrogens is 244 g/mol. The highest BCUT2D eigenvalue weighted by molar-refractivity contribution is 6.39. The van der Waals surface area contributed by atoms with Crippen LogP contribution in [0.4, 0.5) is 5.69 Å². The minimum atomic E-state index is -0.815. The van der Waals surface area contributed by atoms with E-state index in [4.69, 9.17) is 0 Å². The fourth-order valence-corrected chi connectivity index (χ4v) is 1.45. The lowest BCUT2D eigenvalue weighted by Crippen LogP contribution is -2.39. The van der Waals surface area contributed by atoms with Gasteiger partial charge in [-0.25, -0.2) is 0 Å². The van der Waals surface area contributed by atoms with Gasteiger partial charge >= 0.3 is 11.8 Å². The Hall–Kier alpha value is -2.56. The van der Waals surface area contributed by atoms with Gasteiger partial charge < -0.3 is 15.3 Å². The van der Waals surface area contributed by atoms with Crippen LogP contribution in [-0.2, 0) is 9.59 Å².